The zero-order chi connectivity index (χ0) is 16.4. The molecule has 1 aromatic carbocycles. The molecule has 2 aromatic rings. The number of anilines is 1. The number of hydrogen-bond donors (Lipinski definition) is 2. The van der Waals surface area contributed by atoms with Gasteiger partial charge in [0.05, 0.1) is 5.69 Å². The fourth-order valence-electron chi connectivity index (χ4n) is 2.59. The van der Waals surface area contributed by atoms with Crippen LogP contribution in [0.15, 0.2) is 24.3 Å². The SMILES string of the molecule is Cc1cccc(C(=O)N[C@@H](C)C(=O)Nc2nc3c(s2)CCC3)c1. The van der Waals surface area contributed by atoms with Crippen molar-refractivity contribution in [2.24, 2.45) is 0 Å². The number of rotatable bonds is 4. The van der Waals surface area contributed by atoms with E-state index < -0.39 is 6.04 Å². The molecule has 1 aliphatic rings. The van der Waals surface area contributed by atoms with Crippen molar-refractivity contribution >= 4 is 28.3 Å². The van der Waals surface area contributed by atoms with E-state index in [1.807, 2.05) is 19.1 Å². The third kappa shape index (κ3) is 3.59. The Morgan fingerprint density at radius 2 is 2.13 bits per heavy atom. The highest BCUT2D eigenvalue weighted by Gasteiger charge is 2.21. The summed E-state index contributed by atoms with van der Waals surface area (Å²) in [5.74, 6) is -0.503. The van der Waals surface area contributed by atoms with E-state index in [9.17, 15) is 9.59 Å². The number of carbonyl (C=O) groups excluding carboxylic acids is 2. The number of aryl methyl sites for hydroxylation is 3. The van der Waals surface area contributed by atoms with Gasteiger partial charge in [-0.05, 0) is 45.2 Å². The number of fused-ring (bicyclic) bond motifs is 1. The predicted octanol–water partition coefficient (Wildman–Crippen LogP) is 2.70. The molecule has 23 heavy (non-hydrogen) atoms. The minimum absolute atomic E-state index is 0.251. The normalized spacial score (nSPS) is 14.2. The molecule has 0 saturated heterocycles. The van der Waals surface area contributed by atoms with Crippen LogP contribution < -0.4 is 10.6 Å². The molecule has 2 amide bonds. The molecule has 0 spiro atoms. The Balaban J connectivity index is 1.59. The lowest BCUT2D eigenvalue weighted by molar-refractivity contribution is -0.117. The van der Waals surface area contributed by atoms with Gasteiger partial charge in [0.15, 0.2) is 5.13 Å². The fraction of sp³-hybridized carbons (Fsp3) is 0.353. The molecule has 5 nitrogen and oxygen atoms in total. The maximum Gasteiger partial charge on any atom is 0.251 e. The van der Waals surface area contributed by atoms with Crippen LogP contribution in [0.25, 0.3) is 0 Å². The first kappa shape index (κ1) is 15.7. The molecule has 3 rings (SSSR count). The molecule has 0 unspecified atom stereocenters. The van der Waals surface area contributed by atoms with Crippen LogP contribution in [0.3, 0.4) is 0 Å². The molecule has 0 bridgehead atoms. The van der Waals surface area contributed by atoms with Crippen molar-refractivity contribution in [1.82, 2.24) is 10.3 Å². The van der Waals surface area contributed by atoms with Crippen molar-refractivity contribution in [2.45, 2.75) is 39.2 Å². The Morgan fingerprint density at radius 1 is 1.30 bits per heavy atom. The van der Waals surface area contributed by atoms with Gasteiger partial charge in [0.25, 0.3) is 5.91 Å². The minimum atomic E-state index is -0.623. The largest absolute Gasteiger partial charge is 0.341 e. The van der Waals surface area contributed by atoms with E-state index >= 15 is 0 Å². The monoisotopic (exact) mass is 329 g/mol. The second kappa shape index (κ2) is 6.50. The Kier molecular flexibility index (Phi) is 4.43. The quantitative estimate of drug-likeness (QED) is 0.906. The summed E-state index contributed by atoms with van der Waals surface area (Å²) in [6.45, 7) is 3.60. The Bertz CT molecular complexity index is 733. The van der Waals surface area contributed by atoms with Crippen LogP contribution in [0.2, 0.25) is 0 Å². The van der Waals surface area contributed by atoms with Crippen molar-refractivity contribution in [3.8, 4) is 0 Å². The molecule has 1 aromatic heterocycles. The minimum Gasteiger partial charge on any atom is -0.341 e. The number of hydrogen-bond acceptors (Lipinski definition) is 4. The van der Waals surface area contributed by atoms with E-state index in [1.165, 1.54) is 16.2 Å². The number of nitrogens with zero attached hydrogens (tertiary/aromatic N) is 1. The number of nitrogens with one attached hydrogen (secondary N) is 2. The second-order valence-electron chi connectivity index (χ2n) is 5.80. The van der Waals surface area contributed by atoms with E-state index in [0.717, 1.165) is 30.5 Å². The highest BCUT2D eigenvalue weighted by atomic mass is 32.1. The summed E-state index contributed by atoms with van der Waals surface area (Å²) < 4.78 is 0. The number of aromatic nitrogens is 1. The van der Waals surface area contributed by atoms with Gasteiger partial charge in [0.2, 0.25) is 5.91 Å². The summed E-state index contributed by atoms with van der Waals surface area (Å²) in [6.07, 6.45) is 3.18. The molecule has 0 fully saturated rings. The van der Waals surface area contributed by atoms with Crippen LogP contribution in [-0.2, 0) is 17.6 Å². The molecule has 1 aliphatic carbocycles. The molecular weight excluding hydrogens is 310 g/mol. The third-order valence-electron chi connectivity index (χ3n) is 3.85. The summed E-state index contributed by atoms with van der Waals surface area (Å²) in [7, 11) is 0. The van der Waals surface area contributed by atoms with Crippen LogP contribution in [0.4, 0.5) is 5.13 Å². The van der Waals surface area contributed by atoms with E-state index in [4.69, 9.17) is 0 Å². The van der Waals surface area contributed by atoms with E-state index in [0.29, 0.717) is 10.7 Å². The summed E-state index contributed by atoms with van der Waals surface area (Å²) in [5, 5.41) is 6.13. The van der Waals surface area contributed by atoms with Crippen molar-refractivity contribution in [3.63, 3.8) is 0 Å². The summed E-state index contributed by atoms with van der Waals surface area (Å²) in [5.41, 5.74) is 2.66. The maximum atomic E-state index is 12.2. The molecule has 120 valence electrons. The molecule has 0 saturated carbocycles. The van der Waals surface area contributed by atoms with Crippen molar-refractivity contribution < 1.29 is 9.59 Å². The van der Waals surface area contributed by atoms with Crippen molar-refractivity contribution in [3.05, 3.63) is 46.0 Å². The van der Waals surface area contributed by atoms with Gasteiger partial charge >= 0.3 is 0 Å². The zero-order valence-electron chi connectivity index (χ0n) is 13.2. The average molecular weight is 329 g/mol. The summed E-state index contributed by atoms with van der Waals surface area (Å²) in [6, 6.07) is 6.66. The number of amides is 2. The molecular formula is C17H19N3O2S. The van der Waals surface area contributed by atoms with Crippen molar-refractivity contribution in [1.29, 1.82) is 0 Å². The Morgan fingerprint density at radius 3 is 2.87 bits per heavy atom. The first-order valence-electron chi connectivity index (χ1n) is 7.70. The topological polar surface area (TPSA) is 71.1 Å². The van der Waals surface area contributed by atoms with E-state index in [1.54, 1.807) is 19.1 Å². The van der Waals surface area contributed by atoms with Gasteiger partial charge in [0.1, 0.15) is 6.04 Å². The Labute approximate surface area is 139 Å². The molecule has 1 heterocycles. The summed E-state index contributed by atoms with van der Waals surface area (Å²) in [4.78, 5) is 30.1. The van der Waals surface area contributed by atoms with Crippen LogP contribution in [0.1, 0.15) is 39.8 Å². The molecule has 1 atom stereocenters. The predicted molar refractivity (Wildman–Crippen MR) is 90.9 cm³/mol. The maximum absolute atomic E-state index is 12.2. The van der Waals surface area contributed by atoms with E-state index in [2.05, 4.69) is 15.6 Å². The fourth-order valence-corrected chi connectivity index (χ4v) is 3.64. The second-order valence-corrected chi connectivity index (χ2v) is 6.88. The smallest absolute Gasteiger partial charge is 0.251 e. The highest BCUT2D eigenvalue weighted by molar-refractivity contribution is 7.15. The van der Waals surface area contributed by atoms with Crippen LogP contribution in [-0.4, -0.2) is 22.8 Å². The lowest BCUT2D eigenvalue weighted by Gasteiger charge is -2.13. The zero-order valence-corrected chi connectivity index (χ0v) is 14.0. The van der Waals surface area contributed by atoms with Crippen LogP contribution in [0.5, 0.6) is 0 Å². The number of thiazole rings is 1. The van der Waals surface area contributed by atoms with Gasteiger partial charge in [0, 0.05) is 10.4 Å². The van der Waals surface area contributed by atoms with Gasteiger partial charge in [-0.1, -0.05) is 17.7 Å². The van der Waals surface area contributed by atoms with Gasteiger partial charge < -0.3 is 10.6 Å². The molecule has 2 N–H and O–H groups in total. The lowest BCUT2D eigenvalue weighted by atomic mass is 10.1. The first-order chi connectivity index (χ1) is 11.0. The van der Waals surface area contributed by atoms with Crippen molar-refractivity contribution in [2.75, 3.05) is 5.32 Å². The lowest BCUT2D eigenvalue weighted by Crippen LogP contribution is -2.41. The molecule has 0 aliphatic heterocycles. The average Bonchev–Trinajstić information content (AvgIpc) is 3.08. The molecule has 0 radical (unpaired) electrons. The highest BCUT2D eigenvalue weighted by Crippen LogP contribution is 2.30. The number of carbonyl (C=O) groups is 2. The Hall–Kier alpha value is -2.21. The summed E-state index contributed by atoms with van der Waals surface area (Å²) >= 11 is 1.53. The van der Waals surface area contributed by atoms with E-state index in [-0.39, 0.29) is 11.8 Å². The van der Waals surface area contributed by atoms with Crippen LogP contribution in [0, 0.1) is 6.92 Å². The van der Waals surface area contributed by atoms with Gasteiger partial charge in [-0.25, -0.2) is 4.98 Å². The molecule has 6 heteroatoms. The first-order valence-corrected chi connectivity index (χ1v) is 8.51. The third-order valence-corrected chi connectivity index (χ3v) is 4.92. The number of benzene rings is 1. The van der Waals surface area contributed by atoms with Gasteiger partial charge in [-0.3, -0.25) is 9.59 Å². The van der Waals surface area contributed by atoms with Gasteiger partial charge in [-0.15, -0.1) is 11.3 Å². The van der Waals surface area contributed by atoms with Gasteiger partial charge in [-0.2, -0.15) is 0 Å². The standard InChI is InChI=1S/C17H19N3O2S/c1-10-5-3-6-12(9-10)16(22)18-11(2)15(21)20-17-19-13-7-4-8-14(13)23-17/h3,5-6,9,11H,4,7-8H2,1-2H3,(H,18,22)(H,19,20,21)/t11-/m0/s1. The van der Waals surface area contributed by atoms with Crippen LogP contribution >= 0.6 is 11.3 Å².